The van der Waals surface area contributed by atoms with Crippen molar-refractivity contribution in [2.24, 2.45) is 0 Å². The van der Waals surface area contributed by atoms with Crippen molar-refractivity contribution in [3.8, 4) is 5.75 Å². The minimum Gasteiger partial charge on any atom is -0.491 e. The number of ether oxygens (including phenoxy) is 1. The van der Waals surface area contributed by atoms with E-state index in [1.165, 1.54) is 12.1 Å². The molecule has 1 unspecified atom stereocenters. The normalized spacial score (nSPS) is 13.1. The van der Waals surface area contributed by atoms with E-state index in [2.05, 4.69) is 11.6 Å². The molecule has 0 saturated heterocycles. The van der Waals surface area contributed by atoms with Crippen LogP contribution in [-0.4, -0.2) is 32.8 Å². The molecule has 0 heterocycles. The predicted molar refractivity (Wildman–Crippen MR) is 82.9 cm³/mol. The number of unbranched alkanes of at least 4 members (excludes halogenated alkanes) is 2. The number of aliphatic hydroxyl groups is 1. The summed E-state index contributed by atoms with van der Waals surface area (Å²) in [5.41, 5.74) is 0. The van der Waals surface area contributed by atoms with Gasteiger partial charge in [0.25, 0.3) is 0 Å². The van der Waals surface area contributed by atoms with Crippen molar-refractivity contribution >= 4 is 10.0 Å². The molecular weight excluding hydrogens is 290 g/mol. The van der Waals surface area contributed by atoms with Gasteiger partial charge >= 0.3 is 0 Å². The predicted octanol–water partition coefficient (Wildman–Crippen LogP) is 2.30. The van der Waals surface area contributed by atoms with Gasteiger partial charge in [0.15, 0.2) is 0 Å². The lowest BCUT2D eigenvalue weighted by Crippen LogP contribution is -2.32. The lowest BCUT2D eigenvalue weighted by Gasteiger charge is -2.14. The van der Waals surface area contributed by atoms with Crippen LogP contribution in [0.5, 0.6) is 5.75 Å². The topological polar surface area (TPSA) is 75.6 Å². The van der Waals surface area contributed by atoms with Gasteiger partial charge < -0.3 is 9.84 Å². The molecule has 120 valence electrons. The van der Waals surface area contributed by atoms with Gasteiger partial charge in [-0.1, -0.05) is 26.2 Å². The minimum atomic E-state index is -3.49. The molecule has 2 N–H and O–H groups in total. The number of aliphatic hydroxyl groups excluding tert-OH is 1. The lowest BCUT2D eigenvalue weighted by molar-refractivity contribution is 0.201. The Bertz CT molecular complexity index is 499. The molecule has 0 bridgehead atoms. The fraction of sp³-hybridized carbons (Fsp3) is 0.600. The molecule has 0 aliphatic carbocycles. The second-order valence-electron chi connectivity index (χ2n) is 5.06. The number of hydrogen-bond donors (Lipinski definition) is 2. The van der Waals surface area contributed by atoms with E-state index in [-0.39, 0.29) is 24.2 Å². The second kappa shape index (κ2) is 9.02. The fourth-order valence-electron chi connectivity index (χ4n) is 1.97. The Morgan fingerprint density at radius 1 is 1.24 bits per heavy atom. The van der Waals surface area contributed by atoms with E-state index >= 15 is 0 Å². The van der Waals surface area contributed by atoms with Crippen LogP contribution in [0.3, 0.4) is 0 Å². The summed E-state index contributed by atoms with van der Waals surface area (Å²) in [6, 6.07) is 6.12. The first-order valence-corrected chi connectivity index (χ1v) is 8.84. The number of hydrogen-bond acceptors (Lipinski definition) is 4. The van der Waals surface area contributed by atoms with Crippen molar-refractivity contribution in [2.45, 2.75) is 50.5 Å². The molecule has 1 atom stereocenters. The number of rotatable bonds is 10. The molecule has 6 heteroatoms. The van der Waals surface area contributed by atoms with E-state index in [9.17, 15) is 8.42 Å². The van der Waals surface area contributed by atoms with Crippen LogP contribution in [0.25, 0.3) is 0 Å². The van der Waals surface area contributed by atoms with E-state index in [4.69, 9.17) is 9.84 Å². The molecule has 0 radical (unpaired) electrons. The monoisotopic (exact) mass is 315 g/mol. The van der Waals surface area contributed by atoms with Crippen LogP contribution in [-0.2, 0) is 10.0 Å². The van der Waals surface area contributed by atoms with Gasteiger partial charge in [0.1, 0.15) is 12.4 Å². The van der Waals surface area contributed by atoms with E-state index in [1.807, 2.05) is 6.92 Å². The highest BCUT2D eigenvalue weighted by molar-refractivity contribution is 7.89. The first-order chi connectivity index (χ1) is 9.99. The summed E-state index contributed by atoms with van der Waals surface area (Å²) < 4.78 is 32.3. The summed E-state index contributed by atoms with van der Waals surface area (Å²) in [4.78, 5) is 0.223. The van der Waals surface area contributed by atoms with Crippen LogP contribution < -0.4 is 9.46 Å². The Labute approximate surface area is 127 Å². The number of nitrogens with one attached hydrogen (secondary N) is 1. The van der Waals surface area contributed by atoms with Gasteiger partial charge in [-0.3, -0.25) is 0 Å². The zero-order valence-corrected chi connectivity index (χ0v) is 13.5. The summed E-state index contributed by atoms with van der Waals surface area (Å²) in [5.74, 6) is 0.541. The Balaban J connectivity index is 2.61. The quantitative estimate of drug-likeness (QED) is 0.650. The summed E-state index contributed by atoms with van der Waals surface area (Å²) in [6.07, 6.45) is 4.09. The van der Waals surface area contributed by atoms with Gasteiger partial charge in [0.2, 0.25) is 10.0 Å². The minimum absolute atomic E-state index is 0.0725. The average Bonchev–Trinajstić information content (AvgIpc) is 2.45. The van der Waals surface area contributed by atoms with Crippen LogP contribution in [0.2, 0.25) is 0 Å². The molecule has 1 aromatic rings. The summed E-state index contributed by atoms with van der Waals surface area (Å²) in [7, 11) is -3.49. The highest BCUT2D eigenvalue weighted by atomic mass is 32.2. The fourth-order valence-corrected chi connectivity index (χ4v) is 3.25. The standard InChI is InChI=1S/C15H25NO4S/c1-3-4-5-6-13(2)16-21(18,19)15-9-7-14(8-10-15)20-12-11-17/h7-10,13,16-17H,3-6,11-12H2,1-2H3. The van der Waals surface area contributed by atoms with Crippen LogP contribution >= 0.6 is 0 Å². The molecule has 1 rings (SSSR count). The lowest BCUT2D eigenvalue weighted by atomic mass is 10.1. The van der Waals surface area contributed by atoms with Crippen LogP contribution in [0.15, 0.2) is 29.2 Å². The molecule has 0 saturated carbocycles. The summed E-state index contributed by atoms with van der Waals surface area (Å²) in [5, 5.41) is 8.67. The van der Waals surface area contributed by atoms with Crippen molar-refractivity contribution < 1.29 is 18.3 Å². The molecular formula is C15H25NO4S. The molecule has 0 aliphatic heterocycles. The Morgan fingerprint density at radius 2 is 1.90 bits per heavy atom. The van der Waals surface area contributed by atoms with Gasteiger partial charge in [0, 0.05) is 6.04 Å². The maximum atomic E-state index is 12.2. The molecule has 0 aromatic heterocycles. The third-order valence-electron chi connectivity index (χ3n) is 3.09. The third kappa shape index (κ3) is 6.46. The molecule has 5 nitrogen and oxygen atoms in total. The highest BCUT2D eigenvalue weighted by Gasteiger charge is 2.17. The van der Waals surface area contributed by atoms with Crippen LogP contribution in [0, 0.1) is 0 Å². The van der Waals surface area contributed by atoms with E-state index < -0.39 is 10.0 Å². The largest absolute Gasteiger partial charge is 0.491 e. The third-order valence-corrected chi connectivity index (χ3v) is 4.70. The first-order valence-electron chi connectivity index (χ1n) is 7.35. The Hall–Kier alpha value is -1.11. The molecule has 0 spiro atoms. The van der Waals surface area contributed by atoms with Crippen molar-refractivity contribution in [1.29, 1.82) is 0 Å². The van der Waals surface area contributed by atoms with E-state index in [0.29, 0.717) is 5.75 Å². The van der Waals surface area contributed by atoms with E-state index in [0.717, 1.165) is 25.7 Å². The highest BCUT2D eigenvalue weighted by Crippen LogP contribution is 2.16. The van der Waals surface area contributed by atoms with Gasteiger partial charge in [-0.15, -0.1) is 0 Å². The van der Waals surface area contributed by atoms with Crippen LogP contribution in [0.4, 0.5) is 0 Å². The molecule has 1 aromatic carbocycles. The van der Waals surface area contributed by atoms with E-state index in [1.54, 1.807) is 12.1 Å². The smallest absolute Gasteiger partial charge is 0.240 e. The first kappa shape index (κ1) is 17.9. The molecule has 0 fully saturated rings. The van der Waals surface area contributed by atoms with Gasteiger partial charge in [-0.2, -0.15) is 0 Å². The Morgan fingerprint density at radius 3 is 2.48 bits per heavy atom. The Kier molecular flexibility index (Phi) is 7.71. The summed E-state index contributed by atoms with van der Waals surface area (Å²) in [6.45, 7) is 4.12. The maximum Gasteiger partial charge on any atom is 0.240 e. The van der Waals surface area contributed by atoms with Gasteiger partial charge in [-0.25, -0.2) is 13.1 Å². The average molecular weight is 315 g/mol. The van der Waals surface area contributed by atoms with Crippen molar-refractivity contribution in [3.63, 3.8) is 0 Å². The van der Waals surface area contributed by atoms with Crippen molar-refractivity contribution in [2.75, 3.05) is 13.2 Å². The van der Waals surface area contributed by atoms with Crippen molar-refractivity contribution in [1.82, 2.24) is 4.72 Å². The second-order valence-corrected chi connectivity index (χ2v) is 6.78. The molecule has 0 amide bonds. The zero-order chi connectivity index (χ0) is 15.7. The van der Waals surface area contributed by atoms with Gasteiger partial charge in [-0.05, 0) is 37.6 Å². The van der Waals surface area contributed by atoms with Crippen molar-refractivity contribution in [3.05, 3.63) is 24.3 Å². The molecule has 0 aliphatic rings. The SMILES string of the molecule is CCCCCC(C)NS(=O)(=O)c1ccc(OCCO)cc1. The molecule has 21 heavy (non-hydrogen) atoms. The summed E-state index contributed by atoms with van der Waals surface area (Å²) >= 11 is 0. The van der Waals surface area contributed by atoms with Crippen LogP contribution in [0.1, 0.15) is 39.5 Å². The zero-order valence-electron chi connectivity index (χ0n) is 12.7. The van der Waals surface area contributed by atoms with Gasteiger partial charge in [0.05, 0.1) is 11.5 Å². The maximum absolute atomic E-state index is 12.2. The number of benzene rings is 1. The number of sulfonamides is 1.